The molecule has 5 nitrogen and oxygen atoms in total. The van der Waals surface area contributed by atoms with Crippen LogP contribution in [0, 0.1) is 0 Å². The first-order valence-electron chi connectivity index (χ1n) is 6.93. The molecule has 0 saturated carbocycles. The van der Waals surface area contributed by atoms with Crippen molar-refractivity contribution in [1.82, 2.24) is 0 Å². The summed E-state index contributed by atoms with van der Waals surface area (Å²) in [5.41, 5.74) is 0.527. The molecule has 0 radical (unpaired) electrons. The van der Waals surface area contributed by atoms with Crippen LogP contribution in [0.15, 0.2) is 18.2 Å². The summed E-state index contributed by atoms with van der Waals surface area (Å²) in [6, 6.07) is 4.86. The highest BCUT2D eigenvalue weighted by Gasteiger charge is 2.52. The summed E-state index contributed by atoms with van der Waals surface area (Å²) in [6.45, 7) is 9.30. The van der Waals surface area contributed by atoms with Gasteiger partial charge in [0.25, 0.3) is 0 Å². The van der Waals surface area contributed by atoms with Crippen molar-refractivity contribution in [2.45, 2.75) is 52.4 Å². The third kappa shape index (κ3) is 3.22. The number of aromatic hydroxyl groups is 1. The van der Waals surface area contributed by atoms with Crippen molar-refractivity contribution in [2.24, 2.45) is 0 Å². The zero-order valence-electron chi connectivity index (χ0n) is 13.1. The number of phenols is 1. The van der Waals surface area contributed by atoms with Crippen LogP contribution in [0.4, 0.5) is 0 Å². The zero-order chi connectivity index (χ0) is 15.8. The van der Waals surface area contributed by atoms with Crippen molar-refractivity contribution < 1.29 is 23.9 Å². The van der Waals surface area contributed by atoms with Crippen LogP contribution < -0.4 is 5.46 Å². The molecule has 0 aliphatic carbocycles. The molecule has 1 fully saturated rings. The second kappa shape index (κ2) is 5.35. The Labute approximate surface area is 125 Å². The Balaban J connectivity index is 2.30. The Kier molecular flexibility index (Phi) is 4.04. The molecular formula is C15H21BO5. The van der Waals surface area contributed by atoms with E-state index in [1.54, 1.807) is 18.2 Å². The molecule has 0 aromatic heterocycles. The Bertz CT molecular complexity index is 537. The lowest BCUT2D eigenvalue weighted by molar-refractivity contribution is -0.142. The highest BCUT2D eigenvalue weighted by molar-refractivity contribution is 6.62. The third-order valence-corrected chi connectivity index (χ3v) is 4.06. The Morgan fingerprint density at radius 2 is 1.81 bits per heavy atom. The van der Waals surface area contributed by atoms with Gasteiger partial charge in [0, 0.05) is 6.92 Å². The van der Waals surface area contributed by atoms with E-state index in [1.807, 2.05) is 27.7 Å². The smallest absolute Gasteiger partial charge is 0.495 e. The first-order chi connectivity index (χ1) is 9.62. The molecule has 1 heterocycles. The maximum absolute atomic E-state index is 11.0. The number of ether oxygens (including phenoxy) is 1. The lowest BCUT2D eigenvalue weighted by Crippen LogP contribution is -2.41. The monoisotopic (exact) mass is 292 g/mol. The first kappa shape index (κ1) is 15.9. The number of esters is 1. The predicted molar refractivity (Wildman–Crippen MR) is 79.3 cm³/mol. The fourth-order valence-electron chi connectivity index (χ4n) is 2.10. The van der Waals surface area contributed by atoms with Crippen LogP contribution in [0.2, 0.25) is 0 Å². The van der Waals surface area contributed by atoms with Crippen LogP contribution >= 0.6 is 0 Å². The van der Waals surface area contributed by atoms with E-state index in [-0.39, 0.29) is 18.3 Å². The van der Waals surface area contributed by atoms with Gasteiger partial charge in [0.1, 0.15) is 12.4 Å². The van der Waals surface area contributed by atoms with Crippen molar-refractivity contribution in [3.8, 4) is 5.75 Å². The summed E-state index contributed by atoms with van der Waals surface area (Å²) < 4.78 is 17.0. The average molecular weight is 292 g/mol. The third-order valence-electron chi connectivity index (χ3n) is 4.06. The van der Waals surface area contributed by atoms with Gasteiger partial charge in [0.15, 0.2) is 0 Å². The zero-order valence-corrected chi connectivity index (χ0v) is 13.1. The number of benzene rings is 1. The summed E-state index contributed by atoms with van der Waals surface area (Å²) in [4.78, 5) is 11.0. The van der Waals surface area contributed by atoms with Crippen molar-refractivity contribution >= 4 is 18.6 Å². The van der Waals surface area contributed by atoms with Crippen molar-refractivity contribution in [3.05, 3.63) is 23.8 Å². The highest BCUT2D eigenvalue weighted by Crippen LogP contribution is 2.36. The minimum absolute atomic E-state index is 0.0726. The molecule has 2 rings (SSSR count). The molecule has 0 amide bonds. The Morgan fingerprint density at radius 3 is 2.33 bits per heavy atom. The number of carbonyl (C=O) groups is 1. The van der Waals surface area contributed by atoms with Crippen molar-refractivity contribution in [2.75, 3.05) is 0 Å². The van der Waals surface area contributed by atoms with Gasteiger partial charge in [-0.1, -0.05) is 6.07 Å². The molecule has 6 heteroatoms. The summed E-state index contributed by atoms with van der Waals surface area (Å²) in [5, 5.41) is 9.63. The van der Waals surface area contributed by atoms with Crippen LogP contribution in [0.5, 0.6) is 5.75 Å². The van der Waals surface area contributed by atoms with Crippen LogP contribution in [0.3, 0.4) is 0 Å². The minimum Gasteiger partial charge on any atom is -0.508 e. The minimum atomic E-state index is -0.554. The number of carbonyl (C=O) groups excluding carboxylic acids is 1. The molecule has 0 bridgehead atoms. The highest BCUT2D eigenvalue weighted by atomic mass is 16.7. The van der Waals surface area contributed by atoms with E-state index in [0.717, 1.165) is 5.46 Å². The second-order valence-corrected chi connectivity index (χ2v) is 6.25. The van der Waals surface area contributed by atoms with Crippen LogP contribution in [-0.2, 0) is 25.4 Å². The standard InChI is InChI=1S/C15H21BO5/c1-10(17)19-9-11-8-12(18)6-7-13(11)16-20-14(2,3)15(4,5)21-16/h6-8,18H,9H2,1-5H3. The Hall–Kier alpha value is -1.53. The number of hydrogen-bond acceptors (Lipinski definition) is 5. The molecule has 1 N–H and O–H groups in total. The van der Waals surface area contributed by atoms with Gasteiger partial charge in [-0.15, -0.1) is 0 Å². The molecule has 114 valence electrons. The van der Waals surface area contributed by atoms with Gasteiger partial charge < -0.3 is 19.2 Å². The molecule has 21 heavy (non-hydrogen) atoms. The van der Waals surface area contributed by atoms with Crippen molar-refractivity contribution in [1.29, 1.82) is 0 Å². The van der Waals surface area contributed by atoms with Gasteiger partial charge in [0.05, 0.1) is 11.2 Å². The van der Waals surface area contributed by atoms with Gasteiger partial charge >= 0.3 is 13.1 Å². The largest absolute Gasteiger partial charge is 0.508 e. The van der Waals surface area contributed by atoms with E-state index in [2.05, 4.69) is 0 Å². The molecule has 0 spiro atoms. The molecule has 1 aliphatic heterocycles. The van der Waals surface area contributed by atoms with E-state index in [1.165, 1.54) is 6.92 Å². The lowest BCUT2D eigenvalue weighted by Gasteiger charge is -2.32. The molecule has 1 saturated heterocycles. The average Bonchev–Trinajstić information content (AvgIpc) is 2.55. The second-order valence-electron chi connectivity index (χ2n) is 6.25. The maximum Gasteiger partial charge on any atom is 0.495 e. The number of rotatable bonds is 3. The summed E-state index contributed by atoms with van der Waals surface area (Å²) in [7, 11) is -0.554. The SMILES string of the molecule is CC(=O)OCc1cc(O)ccc1B1OC(C)(C)C(C)(C)O1. The van der Waals surface area contributed by atoms with Crippen molar-refractivity contribution in [3.63, 3.8) is 0 Å². The van der Waals surface area contributed by atoms with Gasteiger partial charge in [0.2, 0.25) is 0 Å². The number of phenolic OH excluding ortho intramolecular Hbond substituents is 1. The fraction of sp³-hybridized carbons (Fsp3) is 0.533. The first-order valence-corrected chi connectivity index (χ1v) is 6.93. The molecule has 1 aliphatic rings. The lowest BCUT2D eigenvalue weighted by atomic mass is 9.76. The molecule has 1 aromatic carbocycles. The number of hydrogen-bond donors (Lipinski definition) is 1. The summed E-state index contributed by atoms with van der Waals surface area (Å²) >= 11 is 0. The van der Waals surface area contributed by atoms with E-state index >= 15 is 0 Å². The van der Waals surface area contributed by atoms with Crippen LogP contribution in [0.25, 0.3) is 0 Å². The molecule has 0 atom stereocenters. The van der Waals surface area contributed by atoms with Gasteiger partial charge in [-0.25, -0.2) is 0 Å². The fourth-order valence-corrected chi connectivity index (χ4v) is 2.10. The van der Waals surface area contributed by atoms with Crippen LogP contribution in [-0.4, -0.2) is 29.4 Å². The van der Waals surface area contributed by atoms with Crippen LogP contribution in [0.1, 0.15) is 40.2 Å². The normalized spacial score (nSPS) is 19.6. The molecule has 1 aromatic rings. The van der Waals surface area contributed by atoms with E-state index in [0.29, 0.717) is 5.56 Å². The summed E-state index contributed by atoms with van der Waals surface area (Å²) in [5.74, 6) is -0.268. The van der Waals surface area contributed by atoms with Gasteiger partial charge in [-0.2, -0.15) is 0 Å². The van der Waals surface area contributed by atoms with E-state index in [9.17, 15) is 9.90 Å². The Morgan fingerprint density at radius 1 is 1.24 bits per heavy atom. The van der Waals surface area contributed by atoms with Gasteiger partial charge in [-0.05, 0) is 50.9 Å². The van der Waals surface area contributed by atoms with Gasteiger partial charge in [-0.3, -0.25) is 4.79 Å². The maximum atomic E-state index is 11.0. The topological polar surface area (TPSA) is 65.0 Å². The summed E-state index contributed by atoms with van der Waals surface area (Å²) in [6.07, 6.45) is 0. The molecule has 0 unspecified atom stereocenters. The predicted octanol–water partition coefficient (Wildman–Crippen LogP) is 1.75. The van der Waals surface area contributed by atoms with E-state index in [4.69, 9.17) is 14.0 Å². The molecular weight excluding hydrogens is 271 g/mol. The quantitative estimate of drug-likeness (QED) is 0.679. The van der Waals surface area contributed by atoms with E-state index < -0.39 is 18.3 Å².